The highest BCUT2D eigenvalue weighted by atomic mass is 79.9. The molecule has 0 unspecified atom stereocenters. The highest BCUT2D eigenvalue weighted by Crippen LogP contribution is 2.33. The Labute approximate surface area is 227 Å². The van der Waals surface area contributed by atoms with Crippen LogP contribution >= 0.6 is 15.9 Å². The van der Waals surface area contributed by atoms with Gasteiger partial charge in [-0.1, -0.05) is 101 Å². The lowest BCUT2D eigenvalue weighted by molar-refractivity contribution is 0.669. The molecule has 38 heavy (non-hydrogen) atoms. The Balaban J connectivity index is 1.39. The third kappa shape index (κ3) is 4.17. The summed E-state index contributed by atoms with van der Waals surface area (Å²) in [7, 11) is 0. The fourth-order valence-corrected chi connectivity index (χ4v) is 4.96. The molecular weight excluding hydrogens is 534 g/mol. The predicted octanol–water partition coefficient (Wildman–Crippen LogP) is 9.20. The van der Waals surface area contributed by atoms with Gasteiger partial charge in [0.05, 0.1) is 0 Å². The lowest BCUT2D eigenvalue weighted by atomic mass is 10.0. The van der Waals surface area contributed by atoms with Gasteiger partial charge in [-0.15, -0.1) is 0 Å². The molecule has 0 atom stereocenters. The first-order valence-electron chi connectivity index (χ1n) is 12.3. The fourth-order valence-electron chi connectivity index (χ4n) is 4.70. The van der Waals surface area contributed by atoms with E-state index in [1.807, 2.05) is 78.9 Å². The first-order valence-corrected chi connectivity index (χ1v) is 13.1. The molecule has 0 saturated heterocycles. The van der Waals surface area contributed by atoms with E-state index in [1.54, 1.807) is 0 Å². The molecule has 5 aromatic carbocycles. The molecule has 7 rings (SSSR count). The second-order valence-corrected chi connectivity index (χ2v) is 9.98. The number of furan rings is 1. The molecule has 5 heteroatoms. The van der Waals surface area contributed by atoms with Crippen LogP contribution in [0.3, 0.4) is 0 Å². The van der Waals surface area contributed by atoms with Crippen molar-refractivity contribution in [2.45, 2.75) is 0 Å². The molecule has 180 valence electrons. The number of fused-ring (bicyclic) bond motifs is 3. The lowest BCUT2D eigenvalue weighted by Crippen LogP contribution is -2.00. The van der Waals surface area contributed by atoms with Crippen LogP contribution < -0.4 is 0 Å². The quantitative estimate of drug-likeness (QED) is 0.218. The largest absolute Gasteiger partial charge is 0.456 e. The Kier molecular flexibility index (Phi) is 5.56. The number of benzene rings is 5. The van der Waals surface area contributed by atoms with E-state index in [4.69, 9.17) is 19.4 Å². The maximum Gasteiger partial charge on any atom is 0.164 e. The van der Waals surface area contributed by atoms with Crippen molar-refractivity contribution in [3.63, 3.8) is 0 Å². The molecule has 2 aromatic heterocycles. The molecule has 0 spiro atoms. The predicted molar refractivity (Wildman–Crippen MR) is 157 cm³/mol. The SMILES string of the molecule is Brc1ccc(-c2cccc(-c3nc(-c4ccccc4)nc(-c4ccc5c(c4)oc4ccccc45)n3)c2)cc1. The molecular formula is C33H20BrN3O. The minimum absolute atomic E-state index is 0.602. The summed E-state index contributed by atoms with van der Waals surface area (Å²) in [5.41, 5.74) is 6.64. The molecule has 0 amide bonds. The average Bonchev–Trinajstić information content (AvgIpc) is 3.36. The van der Waals surface area contributed by atoms with Crippen molar-refractivity contribution < 1.29 is 4.42 Å². The monoisotopic (exact) mass is 553 g/mol. The maximum atomic E-state index is 6.14. The topological polar surface area (TPSA) is 51.8 Å². The van der Waals surface area contributed by atoms with Crippen LogP contribution in [0, 0.1) is 0 Å². The van der Waals surface area contributed by atoms with E-state index in [2.05, 4.69) is 58.4 Å². The zero-order valence-corrected chi connectivity index (χ0v) is 21.8. The van der Waals surface area contributed by atoms with Crippen LogP contribution in [0.5, 0.6) is 0 Å². The first-order chi connectivity index (χ1) is 18.7. The van der Waals surface area contributed by atoms with Gasteiger partial charge in [-0.25, -0.2) is 15.0 Å². The smallest absolute Gasteiger partial charge is 0.164 e. The highest BCUT2D eigenvalue weighted by molar-refractivity contribution is 9.10. The highest BCUT2D eigenvalue weighted by Gasteiger charge is 2.15. The number of hydrogen-bond acceptors (Lipinski definition) is 4. The van der Waals surface area contributed by atoms with Crippen LogP contribution in [0.4, 0.5) is 0 Å². The molecule has 4 nitrogen and oxygen atoms in total. The third-order valence-corrected chi connectivity index (χ3v) is 7.13. The number of para-hydroxylation sites is 1. The van der Waals surface area contributed by atoms with Crippen LogP contribution in [0.1, 0.15) is 0 Å². The van der Waals surface area contributed by atoms with Gasteiger partial charge in [-0.05, 0) is 47.5 Å². The number of nitrogens with zero attached hydrogens (tertiary/aromatic N) is 3. The normalized spacial score (nSPS) is 11.3. The Hall–Kier alpha value is -4.61. The molecule has 7 aromatic rings. The summed E-state index contributed by atoms with van der Waals surface area (Å²) >= 11 is 3.52. The van der Waals surface area contributed by atoms with Gasteiger partial charge in [0.25, 0.3) is 0 Å². The molecule has 0 aliphatic carbocycles. The van der Waals surface area contributed by atoms with E-state index in [-0.39, 0.29) is 0 Å². The van der Waals surface area contributed by atoms with E-state index < -0.39 is 0 Å². The second kappa shape index (κ2) is 9.36. The van der Waals surface area contributed by atoms with Crippen LogP contribution in [-0.2, 0) is 0 Å². The molecule has 0 aliphatic rings. The Morgan fingerprint density at radius 3 is 1.79 bits per heavy atom. The minimum Gasteiger partial charge on any atom is -0.456 e. The van der Waals surface area contributed by atoms with Gasteiger partial charge in [-0.2, -0.15) is 0 Å². The summed E-state index contributed by atoms with van der Waals surface area (Å²) in [6, 6.07) is 40.8. The zero-order chi connectivity index (χ0) is 25.5. The van der Waals surface area contributed by atoms with E-state index in [9.17, 15) is 0 Å². The average molecular weight is 554 g/mol. The molecule has 0 saturated carbocycles. The summed E-state index contributed by atoms with van der Waals surface area (Å²) in [5, 5.41) is 2.17. The summed E-state index contributed by atoms with van der Waals surface area (Å²) in [4.78, 5) is 14.7. The van der Waals surface area contributed by atoms with Crippen LogP contribution in [0.2, 0.25) is 0 Å². The molecule has 0 bridgehead atoms. The molecule has 2 heterocycles. The van der Waals surface area contributed by atoms with E-state index in [0.29, 0.717) is 17.5 Å². The molecule has 0 fully saturated rings. The van der Waals surface area contributed by atoms with Crippen molar-refractivity contribution in [3.05, 3.63) is 126 Å². The number of aromatic nitrogens is 3. The van der Waals surface area contributed by atoms with E-state index >= 15 is 0 Å². The Bertz CT molecular complexity index is 1930. The molecule has 0 N–H and O–H groups in total. The molecule has 0 radical (unpaired) electrons. The number of rotatable bonds is 4. The lowest BCUT2D eigenvalue weighted by Gasteiger charge is -2.10. The van der Waals surface area contributed by atoms with Crippen molar-refractivity contribution in [2.75, 3.05) is 0 Å². The Morgan fingerprint density at radius 2 is 1.00 bits per heavy atom. The van der Waals surface area contributed by atoms with Crippen molar-refractivity contribution in [1.29, 1.82) is 0 Å². The van der Waals surface area contributed by atoms with Crippen molar-refractivity contribution in [3.8, 4) is 45.3 Å². The van der Waals surface area contributed by atoms with Gasteiger partial charge in [0.15, 0.2) is 17.5 Å². The Morgan fingerprint density at radius 1 is 0.421 bits per heavy atom. The van der Waals surface area contributed by atoms with E-state index in [0.717, 1.165) is 54.2 Å². The van der Waals surface area contributed by atoms with Gasteiger partial charge in [-0.3, -0.25) is 0 Å². The van der Waals surface area contributed by atoms with Gasteiger partial charge in [0, 0.05) is 31.9 Å². The van der Waals surface area contributed by atoms with Crippen molar-refractivity contribution >= 4 is 37.9 Å². The first kappa shape index (κ1) is 22.6. The third-order valence-electron chi connectivity index (χ3n) is 6.60. The van der Waals surface area contributed by atoms with Crippen LogP contribution in [0.25, 0.3) is 67.2 Å². The number of hydrogen-bond donors (Lipinski definition) is 0. The van der Waals surface area contributed by atoms with Gasteiger partial charge in [0.1, 0.15) is 11.2 Å². The van der Waals surface area contributed by atoms with Crippen LogP contribution in [-0.4, -0.2) is 15.0 Å². The molecule has 0 aliphatic heterocycles. The minimum atomic E-state index is 0.602. The van der Waals surface area contributed by atoms with Gasteiger partial charge in [0.2, 0.25) is 0 Å². The van der Waals surface area contributed by atoms with Gasteiger partial charge >= 0.3 is 0 Å². The van der Waals surface area contributed by atoms with Gasteiger partial charge < -0.3 is 4.42 Å². The summed E-state index contributed by atoms with van der Waals surface area (Å²) in [5.74, 6) is 1.85. The van der Waals surface area contributed by atoms with E-state index in [1.165, 1.54) is 0 Å². The summed E-state index contributed by atoms with van der Waals surface area (Å²) < 4.78 is 7.19. The maximum absolute atomic E-state index is 6.14. The summed E-state index contributed by atoms with van der Waals surface area (Å²) in [6.45, 7) is 0. The zero-order valence-electron chi connectivity index (χ0n) is 20.2. The number of halogens is 1. The van der Waals surface area contributed by atoms with Crippen molar-refractivity contribution in [1.82, 2.24) is 15.0 Å². The van der Waals surface area contributed by atoms with Crippen molar-refractivity contribution in [2.24, 2.45) is 0 Å². The van der Waals surface area contributed by atoms with Crippen LogP contribution in [0.15, 0.2) is 130 Å². The second-order valence-electron chi connectivity index (χ2n) is 9.07. The standard InChI is InChI=1S/C33H20BrN3O/c34-26-16-13-21(14-17-26)23-9-6-10-24(19-23)32-35-31(22-7-2-1-3-8-22)36-33(37-32)25-15-18-28-27-11-4-5-12-29(27)38-30(28)20-25/h1-20H. The summed E-state index contributed by atoms with van der Waals surface area (Å²) in [6.07, 6.45) is 0. The fraction of sp³-hybridized carbons (Fsp3) is 0.